The van der Waals surface area contributed by atoms with Crippen molar-refractivity contribution in [2.75, 3.05) is 7.05 Å². The fraction of sp³-hybridized carbons (Fsp3) is 0.474. The van der Waals surface area contributed by atoms with Gasteiger partial charge in [0.15, 0.2) is 6.10 Å². The Kier molecular flexibility index (Phi) is 5.49. The highest BCUT2D eigenvalue weighted by Gasteiger charge is 2.34. The fourth-order valence-corrected chi connectivity index (χ4v) is 3.08. The largest absolute Gasteiger partial charge is 0.449 e. The summed E-state index contributed by atoms with van der Waals surface area (Å²) in [5.41, 5.74) is 0.543. The summed E-state index contributed by atoms with van der Waals surface area (Å²) in [5.74, 6) is -1.86. The van der Waals surface area contributed by atoms with Gasteiger partial charge in [0.1, 0.15) is 0 Å². The average molecular weight is 360 g/mol. The van der Waals surface area contributed by atoms with E-state index < -0.39 is 23.9 Å². The molecule has 0 bridgehead atoms. The second-order valence-electron chi connectivity index (χ2n) is 6.91. The second-order valence-corrected chi connectivity index (χ2v) is 6.91. The van der Waals surface area contributed by atoms with E-state index in [1.54, 1.807) is 4.90 Å². The standard InChI is InChI=1S/C19H24N2O5/c1-10(2)21(11(3)4)16(22)12(5)26-19(25)13-7-8-14-15(9-13)18(24)20(6)17(14)23/h7-12H,1-6H3/t12-/m0/s1. The molecule has 2 rings (SSSR count). The number of rotatable bonds is 5. The topological polar surface area (TPSA) is 84.0 Å². The molecule has 7 heteroatoms. The number of carbonyl (C=O) groups excluding carboxylic acids is 4. The Balaban J connectivity index is 2.17. The Morgan fingerprint density at radius 2 is 1.50 bits per heavy atom. The molecule has 0 fully saturated rings. The molecule has 0 aliphatic carbocycles. The zero-order chi connectivity index (χ0) is 19.8. The van der Waals surface area contributed by atoms with Crippen molar-refractivity contribution >= 4 is 23.7 Å². The van der Waals surface area contributed by atoms with Gasteiger partial charge in [-0.2, -0.15) is 0 Å². The number of hydrogen-bond donors (Lipinski definition) is 0. The maximum absolute atomic E-state index is 12.6. The monoisotopic (exact) mass is 360 g/mol. The molecule has 0 radical (unpaired) electrons. The molecule has 0 unspecified atom stereocenters. The molecule has 140 valence electrons. The number of benzene rings is 1. The fourth-order valence-electron chi connectivity index (χ4n) is 3.08. The zero-order valence-electron chi connectivity index (χ0n) is 15.9. The number of imide groups is 1. The third-order valence-corrected chi connectivity index (χ3v) is 4.32. The van der Waals surface area contributed by atoms with Crippen LogP contribution in [0, 0.1) is 0 Å². The van der Waals surface area contributed by atoms with Gasteiger partial charge in [0.2, 0.25) is 0 Å². The van der Waals surface area contributed by atoms with Crippen LogP contribution in [0.3, 0.4) is 0 Å². The van der Waals surface area contributed by atoms with E-state index in [0.717, 1.165) is 4.90 Å². The molecular formula is C19H24N2O5. The third kappa shape index (κ3) is 3.47. The van der Waals surface area contributed by atoms with Gasteiger partial charge in [-0.15, -0.1) is 0 Å². The van der Waals surface area contributed by atoms with Gasteiger partial charge in [-0.3, -0.25) is 19.3 Å². The molecule has 0 saturated heterocycles. The maximum Gasteiger partial charge on any atom is 0.338 e. The van der Waals surface area contributed by atoms with E-state index in [1.165, 1.54) is 32.2 Å². The highest BCUT2D eigenvalue weighted by Crippen LogP contribution is 2.23. The van der Waals surface area contributed by atoms with Gasteiger partial charge in [0, 0.05) is 19.1 Å². The summed E-state index contributed by atoms with van der Waals surface area (Å²) in [6.07, 6.45) is -0.958. The number of nitrogens with zero attached hydrogens (tertiary/aromatic N) is 2. The minimum atomic E-state index is -0.958. The Hall–Kier alpha value is -2.70. The van der Waals surface area contributed by atoms with Gasteiger partial charge >= 0.3 is 5.97 Å². The van der Waals surface area contributed by atoms with Crippen LogP contribution in [0.4, 0.5) is 0 Å². The van der Waals surface area contributed by atoms with Gasteiger partial charge in [0.05, 0.1) is 16.7 Å². The van der Waals surface area contributed by atoms with Crippen LogP contribution in [-0.4, -0.2) is 58.7 Å². The van der Waals surface area contributed by atoms with Crippen molar-refractivity contribution in [1.82, 2.24) is 9.80 Å². The minimum absolute atomic E-state index is 0.0252. The molecule has 0 saturated carbocycles. The first kappa shape index (κ1) is 19.6. The lowest BCUT2D eigenvalue weighted by molar-refractivity contribution is -0.143. The van der Waals surface area contributed by atoms with Crippen LogP contribution in [0.2, 0.25) is 0 Å². The van der Waals surface area contributed by atoms with Crippen LogP contribution >= 0.6 is 0 Å². The van der Waals surface area contributed by atoms with E-state index in [9.17, 15) is 19.2 Å². The lowest BCUT2D eigenvalue weighted by Crippen LogP contribution is -2.47. The summed E-state index contributed by atoms with van der Waals surface area (Å²) >= 11 is 0. The van der Waals surface area contributed by atoms with Crippen molar-refractivity contribution in [2.24, 2.45) is 0 Å². The molecule has 0 spiro atoms. The first-order valence-corrected chi connectivity index (χ1v) is 8.55. The Morgan fingerprint density at radius 3 is 2.04 bits per heavy atom. The van der Waals surface area contributed by atoms with Gasteiger partial charge < -0.3 is 9.64 Å². The van der Waals surface area contributed by atoms with Crippen molar-refractivity contribution in [2.45, 2.75) is 52.8 Å². The molecule has 1 aromatic carbocycles. The van der Waals surface area contributed by atoms with E-state index in [4.69, 9.17) is 4.74 Å². The summed E-state index contributed by atoms with van der Waals surface area (Å²) in [6, 6.07) is 4.13. The molecule has 1 aromatic rings. The van der Waals surface area contributed by atoms with E-state index in [0.29, 0.717) is 0 Å². The van der Waals surface area contributed by atoms with Crippen LogP contribution in [0.25, 0.3) is 0 Å². The number of ether oxygens (including phenoxy) is 1. The first-order valence-electron chi connectivity index (χ1n) is 8.55. The molecule has 3 amide bonds. The quantitative estimate of drug-likeness (QED) is 0.593. The van der Waals surface area contributed by atoms with Crippen LogP contribution in [0.15, 0.2) is 18.2 Å². The summed E-state index contributed by atoms with van der Waals surface area (Å²) in [5, 5.41) is 0. The highest BCUT2D eigenvalue weighted by molar-refractivity contribution is 6.21. The molecular weight excluding hydrogens is 336 g/mol. The summed E-state index contributed by atoms with van der Waals surface area (Å²) in [6.45, 7) is 9.10. The predicted molar refractivity (Wildman–Crippen MR) is 94.9 cm³/mol. The minimum Gasteiger partial charge on any atom is -0.449 e. The van der Waals surface area contributed by atoms with E-state index >= 15 is 0 Å². The normalized spacial score (nSPS) is 14.7. The zero-order valence-corrected chi connectivity index (χ0v) is 15.9. The predicted octanol–water partition coefficient (Wildman–Crippen LogP) is 2.10. The number of amides is 3. The Morgan fingerprint density at radius 1 is 0.962 bits per heavy atom. The molecule has 1 heterocycles. The first-order chi connectivity index (χ1) is 12.1. The number of carbonyl (C=O) groups is 4. The molecule has 7 nitrogen and oxygen atoms in total. The van der Waals surface area contributed by atoms with Crippen LogP contribution in [0.1, 0.15) is 65.7 Å². The van der Waals surface area contributed by atoms with Crippen LogP contribution < -0.4 is 0 Å². The van der Waals surface area contributed by atoms with Crippen molar-refractivity contribution in [1.29, 1.82) is 0 Å². The molecule has 0 N–H and O–H groups in total. The van der Waals surface area contributed by atoms with E-state index in [-0.39, 0.29) is 34.7 Å². The third-order valence-electron chi connectivity index (χ3n) is 4.32. The smallest absolute Gasteiger partial charge is 0.338 e. The molecule has 1 aliphatic heterocycles. The second kappa shape index (κ2) is 7.27. The number of hydrogen-bond acceptors (Lipinski definition) is 5. The van der Waals surface area contributed by atoms with Crippen molar-refractivity contribution < 1.29 is 23.9 Å². The summed E-state index contributed by atoms with van der Waals surface area (Å²) in [4.78, 5) is 51.5. The average Bonchev–Trinajstić information content (AvgIpc) is 2.78. The van der Waals surface area contributed by atoms with Crippen molar-refractivity contribution in [3.8, 4) is 0 Å². The number of fused-ring (bicyclic) bond motifs is 1. The number of esters is 1. The van der Waals surface area contributed by atoms with Gasteiger partial charge in [0.25, 0.3) is 17.7 Å². The lowest BCUT2D eigenvalue weighted by Gasteiger charge is -2.32. The van der Waals surface area contributed by atoms with Gasteiger partial charge in [-0.1, -0.05) is 0 Å². The highest BCUT2D eigenvalue weighted by atomic mass is 16.5. The van der Waals surface area contributed by atoms with E-state index in [2.05, 4.69) is 0 Å². The van der Waals surface area contributed by atoms with Gasteiger partial charge in [-0.25, -0.2) is 4.79 Å². The van der Waals surface area contributed by atoms with Crippen molar-refractivity contribution in [3.05, 3.63) is 34.9 Å². The molecule has 26 heavy (non-hydrogen) atoms. The molecule has 0 aromatic heterocycles. The maximum atomic E-state index is 12.6. The van der Waals surface area contributed by atoms with Crippen LogP contribution in [0.5, 0.6) is 0 Å². The Labute approximate surface area is 152 Å². The van der Waals surface area contributed by atoms with Crippen LogP contribution in [-0.2, 0) is 9.53 Å². The molecule has 1 aliphatic rings. The summed E-state index contributed by atoms with van der Waals surface area (Å²) < 4.78 is 5.29. The summed E-state index contributed by atoms with van der Waals surface area (Å²) in [7, 11) is 1.38. The molecule has 1 atom stereocenters. The Bertz CT molecular complexity index is 761. The SMILES string of the molecule is CC(C)N(C(=O)[C@H](C)OC(=O)c1ccc2c(c1)C(=O)N(C)C2=O)C(C)C. The van der Waals surface area contributed by atoms with E-state index in [1.807, 2.05) is 27.7 Å². The van der Waals surface area contributed by atoms with Crippen molar-refractivity contribution in [3.63, 3.8) is 0 Å². The lowest BCUT2D eigenvalue weighted by atomic mass is 10.1. The van der Waals surface area contributed by atoms with Gasteiger partial charge in [-0.05, 0) is 52.8 Å².